The molecule has 1 heterocycles. The van der Waals surface area contributed by atoms with Crippen LogP contribution in [0, 0.1) is 95.2 Å². The number of carbonyl (C=O) groups excluding carboxylic acids is 2. The first kappa shape index (κ1) is 50.3. The number of amides is 1. The third kappa shape index (κ3) is 25.3. The number of esters is 1. The second-order valence-electron chi connectivity index (χ2n) is 13.0. The van der Waals surface area contributed by atoms with E-state index in [1.807, 2.05) is 30.3 Å². The Hall–Kier alpha value is -4.85. The second kappa shape index (κ2) is 32.1. The minimum Gasteiger partial charge on any atom is -0.457 e. The van der Waals surface area contributed by atoms with Gasteiger partial charge in [0.25, 0.3) is 0 Å². The van der Waals surface area contributed by atoms with Crippen LogP contribution in [0.2, 0.25) is 0 Å². The average molecular weight is 861 g/mol. The Kier molecular flexibility index (Phi) is 27.3. The molecule has 3 N–H and O–H groups in total. The second-order valence-corrected chi connectivity index (χ2v) is 15.5. The van der Waals surface area contributed by atoms with Gasteiger partial charge in [-0.3, -0.25) is 4.79 Å². The molecule has 0 radical (unpaired) electrons. The Morgan fingerprint density at radius 3 is 1.78 bits per heavy atom. The lowest BCUT2D eigenvalue weighted by Crippen LogP contribution is -2.65. The van der Waals surface area contributed by atoms with Gasteiger partial charge in [-0.15, -0.1) is 6.42 Å². The summed E-state index contributed by atoms with van der Waals surface area (Å²) in [6.45, 7) is -1.09. The van der Waals surface area contributed by atoms with Crippen molar-refractivity contribution in [3.63, 3.8) is 0 Å². The van der Waals surface area contributed by atoms with E-state index < -0.39 is 59.7 Å². The van der Waals surface area contributed by atoms with E-state index in [1.165, 1.54) is 32.1 Å². The van der Waals surface area contributed by atoms with Crippen molar-refractivity contribution < 1.29 is 38.7 Å². The molecule has 1 aromatic carbocycles. The molecule has 1 saturated heterocycles. The molecule has 1 fully saturated rings. The van der Waals surface area contributed by atoms with E-state index in [4.69, 9.17) is 60.2 Å². The first-order valence-electron chi connectivity index (χ1n) is 19.4. The van der Waals surface area contributed by atoms with E-state index in [2.05, 4.69) is 94.1 Å². The highest BCUT2D eigenvalue weighted by atomic mass is 35.6. The molecule has 2 unspecified atom stereocenters. The number of hydrogen-bond acceptors (Lipinski definition) is 8. The van der Waals surface area contributed by atoms with Crippen LogP contribution in [0.1, 0.15) is 95.5 Å². The highest BCUT2D eigenvalue weighted by molar-refractivity contribution is 6.67. The van der Waals surface area contributed by atoms with Crippen LogP contribution >= 0.6 is 34.8 Å². The van der Waals surface area contributed by atoms with Crippen molar-refractivity contribution in [2.45, 2.75) is 131 Å². The number of benzene rings is 1. The summed E-state index contributed by atoms with van der Waals surface area (Å²) >= 11 is 17.1. The van der Waals surface area contributed by atoms with Gasteiger partial charge in [0, 0.05) is 12.8 Å². The summed E-state index contributed by atoms with van der Waals surface area (Å²) in [6.07, 6.45) is 12.5. The van der Waals surface area contributed by atoms with Crippen molar-refractivity contribution in [2.24, 2.45) is 0 Å². The van der Waals surface area contributed by atoms with Crippen molar-refractivity contribution in [1.29, 1.82) is 0 Å². The van der Waals surface area contributed by atoms with Gasteiger partial charge in [-0.05, 0) is 101 Å². The van der Waals surface area contributed by atoms with Crippen molar-refractivity contribution in [3.05, 3.63) is 35.9 Å². The molecule has 9 nitrogen and oxygen atoms in total. The molecule has 59 heavy (non-hydrogen) atoms. The molecule has 0 aromatic heterocycles. The molecule has 1 aromatic rings. The number of ether oxygens (including phenoxy) is 4. The van der Waals surface area contributed by atoms with Gasteiger partial charge in [-0.1, -0.05) is 135 Å². The van der Waals surface area contributed by atoms with Crippen LogP contribution in [0.4, 0.5) is 4.79 Å². The summed E-state index contributed by atoms with van der Waals surface area (Å²) in [4.78, 5) is 25.6. The molecule has 1 amide bonds. The molecule has 310 valence electrons. The minimum absolute atomic E-state index is 0.0642. The zero-order valence-electron chi connectivity index (χ0n) is 32.8. The first-order chi connectivity index (χ1) is 28.6. The predicted molar refractivity (Wildman–Crippen MR) is 229 cm³/mol. The van der Waals surface area contributed by atoms with E-state index in [-0.39, 0.29) is 13.0 Å². The lowest BCUT2D eigenvalue weighted by Gasteiger charge is -2.43. The van der Waals surface area contributed by atoms with Gasteiger partial charge in [0.1, 0.15) is 24.9 Å². The quantitative estimate of drug-likeness (QED) is 0.0536. The Bertz CT molecular complexity index is 1950. The van der Waals surface area contributed by atoms with Crippen molar-refractivity contribution in [3.8, 4) is 95.2 Å². The third-order valence-corrected chi connectivity index (χ3v) is 8.70. The third-order valence-electron chi connectivity index (χ3n) is 8.37. The molecule has 0 saturated carbocycles. The maximum absolute atomic E-state index is 13.0. The zero-order valence-corrected chi connectivity index (χ0v) is 35.1. The average Bonchev–Trinajstić information content (AvgIpc) is 3.22. The summed E-state index contributed by atoms with van der Waals surface area (Å²) in [5.74, 6) is 37.9. The molecule has 2 rings (SSSR count). The normalized spacial score (nSPS) is 17.4. The maximum Gasteiger partial charge on any atom is 0.407 e. The summed E-state index contributed by atoms with van der Waals surface area (Å²) < 4.78 is 20.5. The molecule has 0 spiro atoms. The number of aliphatic hydroxyl groups is 2. The number of unbranched alkanes of at least 4 members (excludes halogenated alkanes) is 12. The van der Waals surface area contributed by atoms with E-state index in [1.54, 1.807) is 0 Å². The number of halogens is 3. The predicted octanol–water partition coefficient (Wildman–Crippen LogP) is 6.78. The lowest BCUT2D eigenvalue weighted by molar-refractivity contribution is -0.276. The molecule has 1 aliphatic heterocycles. The van der Waals surface area contributed by atoms with Gasteiger partial charge in [-0.25, -0.2) is 4.79 Å². The highest BCUT2D eigenvalue weighted by Crippen LogP contribution is 2.28. The van der Waals surface area contributed by atoms with Crippen LogP contribution in [0.25, 0.3) is 0 Å². The summed E-state index contributed by atoms with van der Waals surface area (Å²) in [7, 11) is 0. The van der Waals surface area contributed by atoms with E-state index in [9.17, 15) is 19.8 Å². The van der Waals surface area contributed by atoms with E-state index in [0.29, 0.717) is 6.42 Å². The van der Waals surface area contributed by atoms with E-state index >= 15 is 0 Å². The molecule has 1 aliphatic rings. The van der Waals surface area contributed by atoms with Crippen molar-refractivity contribution >= 4 is 46.9 Å². The molecule has 5 atom stereocenters. The topological polar surface area (TPSA) is 124 Å². The molecule has 12 heteroatoms. The van der Waals surface area contributed by atoms with Gasteiger partial charge in [0.15, 0.2) is 12.4 Å². The monoisotopic (exact) mass is 859 g/mol. The largest absolute Gasteiger partial charge is 0.457 e. The number of nitrogens with one attached hydrogen (secondary N) is 1. The van der Waals surface area contributed by atoms with Gasteiger partial charge >= 0.3 is 12.1 Å². The fraction of sp³-hybridized carbons (Fsp3) is 0.489. The van der Waals surface area contributed by atoms with Crippen LogP contribution in [0.3, 0.4) is 0 Å². The van der Waals surface area contributed by atoms with Gasteiger partial charge in [-0.2, -0.15) is 0 Å². The van der Waals surface area contributed by atoms with Gasteiger partial charge < -0.3 is 34.5 Å². The number of rotatable bonds is 21. The SMILES string of the molecule is C#CC#CC#CC#CC#CC#CC#CC#CCCCCCCCCCCCCCCC(=O)O[C@@H]1C(NC(=O)OCC(Cl)(Cl)Cl)[C@@H](OCc2ccccc2)OC(CO)[C@H]1O. The molecular weight excluding hydrogens is 813 g/mol. The Morgan fingerprint density at radius 1 is 0.746 bits per heavy atom. The Morgan fingerprint density at radius 2 is 1.25 bits per heavy atom. The Labute approximate surface area is 364 Å². The molecular formula is C47H48Cl3NO8. The van der Waals surface area contributed by atoms with Crippen LogP contribution in [-0.2, 0) is 30.3 Å². The van der Waals surface area contributed by atoms with Crippen molar-refractivity contribution in [2.75, 3.05) is 13.2 Å². The first-order valence-corrected chi connectivity index (χ1v) is 20.5. The molecule has 0 aliphatic carbocycles. The number of alkyl halides is 3. The smallest absolute Gasteiger partial charge is 0.407 e. The molecule has 0 bridgehead atoms. The minimum atomic E-state index is -1.86. The number of terminal acetylenes is 1. The van der Waals surface area contributed by atoms with Gasteiger partial charge in [0.2, 0.25) is 3.79 Å². The highest BCUT2D eigenvalue weighted by Gasteiger charge is 2.49. The maximum atomic E-state index is 13.0. The summed E-state index contributed by atoms with van der Waals surface area (Å²) in [5, 5.41) is 23.4. The number of alkyl carbamates (subject to hydrolysis) is 1. The number of hydrogen-bond donors (Lipinski definition) is 3. The van der Waals surface area contributed by atoms with Crippen LogP contribution in [-0.4, -0.2) is 69.9 Å². The summed E-state index contributed by atoms with van der Waals surface area (Å²) in [5.41, 5.74) is 0.800. The Balaban J connectivity index is 1.63. The standard InChI is InChI=1S/C47H48Cl3NO8/c1-2-3-4-5-6-7-8-9-10-11-12-13-14-15-16-17-18-19-20-21-22-23-24-25-26-27-28-32-35-41(53)59-44-42(51-46(55)57-38-47(48,49)50)45(58-40(36-52)43(44)54)56-37-39-33-30-29-31-34-39/h1,29-31,33-34,40,42-45,52,54H,17-28,32,35-38H2,(H,51,55)/t40?,42?,43-,44-,45+/m1/s1. The summed E-state index contributed by atoms with van der Waals surface area (Å²) in [6, 6.07) is 7.95. The van der Waals surface area contributed by atoms with Crippen LogP contribution in [0.5, 0.6) is 0 Å². The lowest BCUT2D eigenvalue weighted by atomic mass is 9.96. The number of carbonyl (C=O) groups is 2. The van der Waals surface area contributed by atoms with Gasteiger partial charge in [0.05, 0.1) is 13.2 Å². The van der Waals surface area contributed by atoms with Crippen LogP contribution in [0.15, 0.2) is 30.3 Å². The van der Waals surface area contributed by atoms with Crippen molar-refractivity contribution in [1.82, 2.24) is 5.32 Å². The zero-order chi connectivity index (χ0) is 42.8. The van der Waals surface area contributed by atoms with Crippen LogP contribution < -0.4 is 5.32 Å². The van der Waals surface area contributed by atoms with E-state index in [0.717, 1.165) is 50.5 Å². The fourth-order valence-electron chi connectivity index (χ4n) is 5.53. The number of aliphatic hydroxyl groups excluding tert-OH is 2. The fourth-order valence-corrected chi connectivity index (χ4v) is 5.69.